The number of ether oxygens (including phenoxy) is 1. The molecule has 2 aromatic heterocycles. The second-order valence-electron chi connectivity index (χ2n) is 4.97. The molecule has 3 rings (SSSR count). The summed E-state index contributed by atoms with van der Waals surface area (Å²) in [6.07, 6.45) is 1.51. The monoisotopic (exact) mass is 347 g/mol. The molecule has 0 atom stereocenters. The van der Waals surface area contributed by atoms with Crippen molar-refractivity contribution in [3.05, 3.63) is 57.8 Å². The number of nitrogens with zero attached hydrogens (tertiary/aromatic N) is 3. The Kier molecular flexibility index (Phi) is 4.45. The van der Waals surface area contributed by atoms with Gasteiger partial charge in [0, 0.05) is 23.7 Å². The predicted octanol–water partition coefficient (Wildman–Crippen LogP) is 3.86. The van der Waals surface area contributed by atoms with Crippen LogP contribution in [0, 0.1) is 6.92 Å². The molecule has 118 valence electrons. The molecule has 2 heterocycles. The Hall–Kier alpha value is -2.18. The van der Waals surface area contributed by atoms with Crippen molar-refractivity contribution in [3.63, 3.8) is 0 Å². The topological polar surface area (TPSA) is 57.0 Å². The van der Waals surface area contributed by atoms with Crippen molar-refractivity contribution >= 4 is 28.9 Å². The largest absolute Gasteiger partial charge is 0.455 e. The van der Waals surface area contributed by atoms with Gasteiger partial charge in [0.1, 0.15) is 17.2 Å². The average molecular weight is 348 g/mol. The number of hydrogen-bond donors (Lipinski definition) is 0. The first-order valence-corrected chi connectivity index (χ1v) is 8.17. The molecule has 0 amide bonds. The van der Waals surface area contributed by atoms with Gasteiger partial charge in [0.15, 0.2) is 0 Å². The van der Waals surface area contributed by atoms with Gasteiger partial charge in [-0.1, -0.05) is 29.8 Å². The van der Waals surface area contributed by atoms with Gasteiger partial charge < -0.3 is 4.74 Å². The predicted molar refractivity (Wildman–Crippen MR) is 89.6 cm³/mol. The smallest absolute Gasteiger partial charge is 0.342 e. The SMILES string of the molecule is Cc1c(C(=O)OCc2csc(-c3ccccc3Cl)n2)cnn1C. The van der Waals surface area contributed by atoms with Gasteiger partial charge in [-0.15, -0.1) is 11.3 Å². The molecule has 0 saturated heterocycles. The van der Waals surface area contributed by atoms with E-state index in [2.05, 4.69) is 10.1 Å². The second kappa shape index (κ2) is 6.52. The van der Waals surface area contributed by atoms with Crippen molar-refractivity contribution < 1.29 is 9.53 Å². The molecule has 0 aliphatic rings. The number of rotatable bonds is 4. The molecule has 0 spiro atoms. The van der Waals surface area contributed by atoms with Crippen LogP contribution >= 0.6 is 22.9 Å². The summed E-state index contributed by atoms with van der Waals surface area (Å²) in [7, 11) is 1.78. The van der Waals surface area contributed by atoms with Crippen LogP contribution in [0.5, 0.6) is 0 Å². The fraction of sp³-hybridized carbons (Fsp3) is 0.188. The van der Waals surface area contributed by atoms with Gasteiger partial charge >= 0.3 is 5.97 Å². The van der Waals surface area contributed by atoms with E-state index >= 15 is 0 Å². The standard InChI is InChI=1S/C16H14ClN3O2S/c1-10-13(7-18-20(10)2)16(21)22-8-11-9-23-15(19-11)12-5-3-4-6-14(12)17/h3-7,9H,8H2,1-2H3. The minimum Gasteiger partial charge on any atom is -0.455 e. The summed E-state index contributed by atoms with van der Waals surface area (Å²) < 4.78 is 6.94. The van der Waals surface area contributed by atoms with Crippen LogP contribution in [-0.4, -0.2) is 20.7 Å². The molecule has 0 unspecified atom stereocenters. The van der Waals surface area contributed by atoms with E-state index in [4.69, 9.17) is 16.3 Å². The molecule has 0 fully saturated rings. The summed E-state index contributed by atoms with van der Waals surface area (Å²) in [6, 6.07) is 7.52. The molecule has 0 N–H and O–H groups in total. The third-order valence-corrected chi connectivity index (χ3v) is 4.72. The number of esters is 1. The zero-order chi connectivity index (χ0) is 16.4. The summed E-state index contributed by atoms with van der Waals surface area (Å²) in [5.74, 6) is -0.400. The van der Waals surface area contributed by atoms with Crippen LogP contribution in [0.2, 0.25) is 5.02 Å². The van der Waals surface area contributed by atoms with Crippen molar-refractivity contribution in [1.29, 1.82) is 0 Å². The van der Waals surface area contributed by atoms with Crippen LogP contribution in [0.3, 0.4) is 0 Å². The van der Waals surface area contributed by atoms with Gasteiger partial charge in [-0.05, 0) is 13.0 Å². The zero-order valence-electron chi connectivity index (χ0n) is 12.6. The molecule has 5 nitrogen and oxygen atoms in total. The fourth-order valence-electron chi connectivity index (χ4n) is 2.05. The highest BCUT2D eigenvalue weighted by Gasteiger charge is 2.15. The Balaban J connectivity index is 1.69. The molecule has 0 bridgehead atoms. The van der Waals surface area contributed by atoms with Gasteiger partial charge in [-0.3, -0.25) is 4.68 Å². The van der Waals surface area contributed by atoms with Gasteiger partial charge in [-0.25, -0.2) is 9.78 Å². The minimum absolute atomic E-state index is 0.119. The van der Waals surface area contributed by atoms with Crippen molar-refractivity contribution in [2.75, 3.05) is 0 Å². The van der Waals surface area contributed by atoms with Crippen LogP contribution in [-0.2, 0) is 18.4 Å². The summed E-state index contributed by atoms with van der Waals surface area (Å²) in [6.45, 7) is 1.94. The van der Waals surface area contributed by atoms with Crippen LogP contribution in [0.15, 0.2) is 35.8 Å². The maximum absolute atomic E-state index is 12.1. The Bertz CT molecular complexity index is 857. The third kappa shape index (κ3) is 3.28. The van der Waals surface area contributed by atoms with Crippen molar-refractivity contribution in [2.24, 2.45) is 7.05 Å². The number of aromatic nitrogens is 3. The maximum atomic E-state index is 12.1. The average Bonchev–Trinajstić information content (AvgIpc) is 3.14. The van der Waals surface area contributed by atoms with E-state index in [-0.39, 0.29) is 6.61 Å². The van der Waals surface area contributed by atoms with Gasteiger partial charge in [0.05, 0.1) is 16.9 Å². The first-order valence-electron chi connectivity index (χ1n) is 6.91. The number of carbonyl (C=O) groups is 1. The summed E-state index contributed by atoms with van der Waals surface area (Å²) in [5.41, 5.74) is 2.80. The Morgan fingerprint density at radius 2 is 2.17 bits per heavy atom. The lowest BCUT2D eigenvalue weighted by molar-refractivity contribution is 0.0467. The first-order chi connectivity index (χ1) is 11.1. The Morgan fingerprint density at radius 3 is 2.87 bits per heavy atom. The van der Waals surface area contributed by atoms with Crippen LogP contribution in [0.25, 0.3) is 10.6 Å². The number of benzene rings is 1. The lowest BCUT2D eigenvalue weighted by Gasteiger charge is -2.02. The van der Waals surface area contributed by atoms with Crippen molar-refractivity contribution in [2.45, 2.75) is 13.5 Å². The Morgan fingerprint density at radius 1 is 1.39 bits per heavy atom. The van der Waals surface area contributed by atoms with E-state index in [0.29, 0.717) is 16.3 Å². The van der Waals surface area contributed by atoms with Crippen LogP contribution < -0.4 is 0 Å². The van der Waals surface area contributed by atoms with E-state index in [9.17, 15) is 4.79 Å². The number of aryl methyl sites for hydroxylation is 1. The second-order valence-corrected chi connectivity index (χ2v) is 6.23. The van der Waals surface area contributed by atoms with E-state index < -0.39 is 5.97 Å². The van der Waals surface area contributed by atoms with Gasteiger partial charge in [0.25, 0.3) is 0 Å². The van der Waals surface area contributed by atoms with E-state index in [1.165, 1.54) is 17.5 Å². The Labute approximate surface area is 142 Å². The molecule has 3 aromatic rings. The molecule has 1 aromatic carbocycles. The van der Waals surface area contributed by atoms with Gasteiger partial charge in [-0.2, -0.15) is 5.10 Å². The molecule has 0 radical (unpaired) electrons. The highest BCUT2D eigenvalue weighted by Crippen LogP contribution is 2.30. The normalized spacial score (nSPS) is 10.7. The zero-order valence-corrected chi connectivity index (χ0v) is 14.2. The van der Waals surface area contributed by atoms with E-state index in [1.54, 1.807) is 11.7 Å². The highest BCUT2D eigenvalue weighted by atomic mass is 35.5. The summed E-state index contributed by atoms with van der Waals surface area (Å²) >= 11 is 7.64. The molecule has 0 saturated carbocycles. The van der Waals surface area contributed by atoms with Gasteiger partial charge in [0.2, 0.25) is 0 Å². The lowest BCUT2D eigenvalue weighted by Crippen LogP contribution is -2.07. The molecule has 7 heteroatoms. The fourth-order valence-corrected chi connectivity index (χ4v) is 3.17. The molecule has 23 heavy (non-hydrogen) atoms. The quantitative estimate of drug-likeness (QED) is 0.672. The van der Waals surface area contributed by atoms with E-state index in [1.807, 2.05) is 36.6 Å². The molecule has 0 aliphatic carbocycles. The van der Waals surface area contributed by atoms with Crippen molar-refractivity contribution in [3.8, 4) is 10.6 Å². The summed E-state index contributed by atoms with van der Waals surface area (Å²) in [4.78, 5) is 16.5. The number of thiazole rings is 1. The third-order valence-electron chi connectivity index (χ3n) is 3.46. The molecular weight excluding hydrogens is 334 g/mol. The first kappa shape index (κ1) is 15.7. The van der Waals surface area contributed by atoms with Crippen LogP contribution in [0.4, 0.5) is 0 Å². The number of carbonyl (C=O) groups excluding carboxylic acids is 1. The minimum atomic E-state index is -0.400. The van der Waals surface area contributed by atoms with Crippen LogP contribution in [0.1, 0.15) is 21.7 Å². The molecule has 0 aliphatic heterocycles. The lowest BCUT2D eigenvalue weighted by atomic mass is 10.2. The number of hydrogen-bond acceptors (Lipinski definition) is 5. The summed E-state index contributed by atoms with van der Waals surface area (Å²) in [5, 5.41) is 7.35. The van der Waals surface area contributed by atoms with Crippen molar-refractivity contribution in [1.82, 2.24) is 14.8 Å². The number of halogens is 1. The highest BCUT2D eigenvalue weighted by molar-refractivity contribution is 7.13. The molecular formula is C16H14ClN3O2S. The van der Waals surface area contributed by atoms with E-state index in [0.717, 1.165) is 16.3 Å². The maximum Gasteiger partial charge on any atom is 0.342 e.